The molecule has 2 atom stereocenters. The van der Waals surface area contributed by atoms with Crippen molar-refractivity contribution in [2.75, 3.05) is 0 Å². The number of benzene rings is 2. The van der Waals surface area contributed by atoms with Crippen molar-refractivity contribution in [3.05, 3.63) is 48.0 Å². The Hall–Kier alpha value is -1.01. The third-order valence-corrected chi connectivity index (χ3v) is 5.00. The van der Waals surface area contributed by atoms with Crippen molar-refractivity contribution in [2.24, 2.45) is 5.92 Å². The zero-order valence-corrected chi connectivity index (χ0v) is 12.1. The van der Waals surface area contributed by atoms with Crippen LogP contribution in [0.5, 0.6) is 0 Å². The van der Waals surface area contributed by atoms with Crippen LogP contribution in [0.1, 0.15) is 37.7 Å². The molecule has 1 aliphatic carbocycles. The van der Waals surface area contributed by atoms with Gasteiger partial charge in [-0.3, -0.25) is 0 Å². The molecule has 100 valence electrons. The van der Waals surface area contributed by atoms with Gasteiger partial charge in [-0.25, -0.2) is 0 Å². The molecule has 0 aromatic heterocycles. The van der Waals surface area contributed by atoms with Crippen LogP contribution in [0.15, 0.2) is 42.5 Å². The summed E-state index contributed by atoms with van der Waals surface area (Å²) < 4.78 is 0. The summed E-state index contributed by atoms with van der Waals surface area (Å²) >= 11 is 6.59. The topological polar surface area (TPSA) is 0 Å². The predicted octanol–water partition coefficient (Wildman–Crippen LogP) is 5.57. The Balaban J connectivity index is 1.88. The van der Waals surface area contributed by atoms with Gasteiger partial charge in [0.15, 0.2) is 0 Å². The summed E-state index contributed by atoms with van der Waals surface area (Å²) in [5, 5.41) is 3.11. The van der Waals surface area contributed by atoms with Crippen LogP contribution in [0.25, 0.3) is 10.8 Å². The molecule has 2 aromatic rings. The van der Waals surface area contributed by atoms with E-state index >= 15 is 0 Å². The van der Waals surface area contributed by atoms with Gasteiger partial charge in [-0.1, -0.05) is 61.7 Å². The third-order valence-electron chi connectivity index (χ3n) is 4.43. The number of hydrogen-bond acceptors (Lipinski definition) is 0. The van der Waals surface area contributed by atoms with E-state index in [1.165, 1.54) is 48.4 Å². The predicted molar refractivity (Wildman–Crippen MR) is 83.9 cm³/mol. The van der Waals surface area contributed by atoms with Crippen molar-refractivity contribution >= 4 is 22.4 Å². The SMILES string of the molecule is ClC1CCCCCC1Cc1cccc2ccccc12. The van der Waals surface area contributed by atoms with E-state index in [0.717, 1.165) is 6.42 Å². The van der Waals surface area contributed by atoms with Crippen LogP contribution in [0.3, 0.4) is 0 Å². The first kappa shape index (κ1) is 13.0. The quantitative estimate of drug-likeness (QED) is 0.495. The zero-order chi connectivity index (χ0) is 13.1. The molecule has 3 rings (SSSR count). The van der Waals surface area contributed by atoms with Crippen LogP contribution in [0.2, 0.25) is 0 Å². The summed E-state index contributed by atoms with van der Waals surface area (Å²) in [5.41, 5.74) is 1.47. The molecule has 1 fully saturated rings. The Morgan fingerprint density at radius 1 is 0.895 bits per heavy atom. The molecule has 0 spiro atoms. The highest BCUT2D eigenvalue weighted by molar-refractivity contribution is 6.20. The largest absolute Gasteiger partial charge is 0.123 e. The molecule has 0 heterocycles. The van der Waals surface area contributed by atoms with Crippen LogP contribution >= 0.6 is 11.6 Å². The standard InChI is InChI=1S/C18H21Cl/c19-18-12-3-1-2-8-16(18)13-15-10-6-9-14-7-4-5-11-17(14)15/h4-7,9-11,16,18H,1-3,8,12-13H2. The van der Waals surface area contributed by atoms with E-state index in [1.54, 1.807) is 0 Å². The molecule has 2 aromatic carbocycles. The first-order valence-electron chi connectivity index (χ1n) is 7.45. The molecule has 1 saturated carbocycles. The molecule has 1 aliphatic rings. The molecule has 0 aliphatic heterocycles. The minimum atomic E-state index is 0.362. The Kier molecular flexibility index (Phi) is 4.08. The second-order valence-corrected chi connectivity index (χ2v) is 6.32. The van der Waals surface area contributed by atoms with Gasteiger partial charge in [-0.15, -0.1) is 11.6 Å². The minimum Gasteiger partial charge on any atom is -0.123 e. The number of halogens is 1. The third kappa shape index (κ3) is 2.95. The van der Waals surface area contributed by atoms with E-state index in [0.29, 0.717) is 11.3 Å². The molecule has 1 heteroatoms. The molecule has 0 nitrogen and oxygen atoms in total. The second-order valence-electron chi connectivity index (χ2n) is 5.76. The van der Waals surface area contributed by atoms with Gasteiger partial charge in [0.1, 0.15) is 0 Å². The maximum Gasteiger partial charge on any atom is 0.0367 e. The summed E-state index contributed by atoms with van der Waals surface area (Å²) in [5.74, 6) is 0.648. The molecule has 0 saturated heterocycles. The molecule has 2 unspecified atom stereocenters. The highest BCUT2D eigenvalue weighted by Gasteiger charge is 2.22. The van der Waals surface area contributed by atoms with Crippen molar-refractivity contribution in [3.63, 3.8) is 0 Å². The maximum atomic E-state index is 6.59. The molecule has 0 N–H and O–H groups in total. The van der Waals surface area contributed by atoms with Gasteiger partial charge < -0.3 is 0 Å². The van der Waals surface area contributed by atoms with Crippen LogP contribution in [-0.2, 0) is 6.42 Å². The highest BCUT2D eigenvalue weighted by atomic mass is 35.5. The van der Waals surface area contributed by atoms with E-state index in [1.807, 2.05) is 0 Å². The summed E-state index contributed by atoms with van der Waals surface area (Å²) in [7, 11) is 0. The molecule has 19 heavy (non-hydrogen) atoms. The lowest BCUT2D eigenvalue weighted by atomic mass is 9.90. The summed E-state index contributed by atoms with van der Waals surface area (Å²) in [6, 6.07) is 15.3. The van der Waals surface area contributed by atoms with Crippen molar-refractivity contribution in [3.8, 4) is 0 Å². The number of alkyl halides is 1. The van der Waals surface area contributed by atoms with Crippen LogP contribution < -0.4 is 0 Å². The minimum absolute atomic E-state index is 0.362. The van der Waals surface area contributed by atoms with Crippen molar-refractivity contribution in [1.82, 2.24) is 0 Å². The van der Waals surface area contributed by atoms with E-state index in [-0.39, 0.29) is 0 Å². The second kappa shape index (κ2) is 5.96. The molecule has 0 bridgehead atoms. The highest BCUT2D eigenvalue weighted by Crippen LogP contribution is 2.32. The average Bonchev–Trinajstić information content (AvgIpc) is 2.65. The van der Waals surface area contributed by atoms with Gasteiger partial charge in [0.05, 0.1) is 0 Å². The fraction of sp³-hybridized carbons (Fsp3) is 0.444. The maximum absolute atomic E-state index is 6.59. The summed E-state index contributed by atoms with van der Waals surface area (Å²) in [6.45, 7) is 0. The van der Waals surface area contributed by atoms with E-state index in [4.69, 9.17) is 11.6 Å². The van der Waals surface area contributed by atoms with Gasteiger partial charge in [0.2, 0.25) is 0 Å². The lowest BCUT2D eigenvalue weighted by molar-refractivity contribution is 0.466. The lowest BCUT2D eigenvalue weighted by Gasteiger charge is -2.20. The van der Waals surface area contributed by atoms with E-state index in [2.05, 4.69) is 42.5 Å². The monoisotopic (exact) mass is 272 g/mol. The Morgan fingerprint density at radius 3 is 2.63 bits per heavy atom. The molecular weight excluding hydrogens is 252 g/mol. The zero-order valence-electron chi connectivity index (χ0n) is 11.3. The van der Waals surface area contributed by atoms with Crippen molar-refractivity contribution in [2.45, 2.75) is 43.9 Å². The van der Waals surface area contributed by atoms with Crippen molar-refractivity contribution in [1.29, 1.82) is 0 Å². The van der Waals surface area contributed by atoms with Gasteiger partial charge in [-0.05, 0) is 41.5 Å². The Bertz CT molecular complexity index is 541. The lowest BCUT2D eigenvalue weighted by Crippen LogP contribution is -2.16. The molecule has 0 amide bonds. The van der Waals surface area contributed by atoms with Gasteiger partial charge >= 0.3 is 0 Å². The fourth-order valence-electron chi connectivity index (χ4n) is 3.32. The molecular formula is C18H21Cl. The Labute approximate surface area is 120 Å². The fourth-order valence-corrected chi connectivity index (χ4v) is 3.69. The summed E-state index contributed by atoms with van der Waals surface area (Å²) in [4.78, 5) is 0. The molecule has 0 radical (unpaired) electrons. The van der Waals surface area contributed by atoms with Crippen LogP contribution in [0.4, 0.5) is 0 Å². The van der Waals surface area contributed by atoms with Gasteiger partial charge in [0.25, 0.3) is 0 Å². The van der Waals surface area contributed by atoms with Gasteiger partial charge in [-0.2, -0.15) is 0 Å². The summed E-state index contributed by atoms with van der Waals surface area (Å²) in [6.07, 6.45) is 7.62. The van der Waals surface area contributed by atoms with Crippen LogP contribution in [-0.4, -0.2) is 5.38 Å². The van der Waals surface area contributed by atoms with E-state index < -0.39 is 0 Å². The normalized spacial score (nSPS) is 24.3. The average molecular weight is 273 g/mol. The Morgan fingerprint density at radius 2 is 1.68 bits per heavy atom. The number of rotatable bonds is 2. The van der Waals surface area contributed by atoms with E-state index in [9.17, 15) is 0 Å². The smallest absolute Gasteiger partial charge is 0.0367 e. The number of fused-ring (bicyclic) bond motifs is 1. The number of hydrogen-bond donors (Lipinski definition) is 0. The van der Waals surface area contributed by atoms with Gasteiger partial charge in [0, 0.05) is 5.38 Å². The van der Waals surface area contributed by atoms with Crippen molar-refractivity contribution < 1.29 is 0 Å². The van der Waals surface area contributed by atoms with Crippen LogP contribution in [0, 0.1) is 5.92 Å². The first-order chi connectivity index (χ1) is 9.34. The first-order valence-corrected chi connectivity index (χ1v) is 7.89.